The van der Waals surface area contributed by atoms with Crippen molar-refractivity contribution in [3.05, 3.63) is 49.2 Å². The Morgan fingerprint density at radius 3 is 2.66 bits per heavy atom. The van der Waals surface area contributed by atoms with Crippen molar-refractivity contribution in [2.75, 3.05) is 18.8 Å². The van der Waals surface area contributed by atoms with Gasteiger partial charge in [0.15, 0.2) is 5.82 Å². The third-order valence-corrected chi connectivity index (χ3v) is 6.89. The summed E-state index contributed by atoms with van der Waals surface area (Å²) in [6, 6.07) is 1.71. The molecule has 0 saturated carbocycles. The number of aryl methyl sites for hydroxylation is 1. The molecule has 3 aromatic rings. The molecule has 8 heteroatoms. The fourth-order valence-electron chi connectivity index (χ4n) is 5.03. The smallest absolute Gasteiger partial charge is 0.245 e. The van der Waals surface area contributed by atoms with Crippen LogP contribution in [0.4, 0.5) is 5.82 Å². The van der Waals surface area contributed by atoms with Crippen LogP contribution in [-0.2, 0) is 11.8 Å². The van der Waals surface area contributed by atoms with E-state index in [0.717, 1.165) is 31.3 Å². The summed E-state index contributed by atoms with van der Waals surface area (Å²) in [7, 11) is 0. The predicted molar refractivity (Wildman–Crippen MR) is 124 cm³/mol. The standard InChI is InChI=1S/C24H27N7O/c1-3-17(32)31-13-9-24(10-14-31)7-5-16(6-8-24)20-18(22-26-11-4-12-27-22)19-21(25)28-15-29-23(19)30(20)2/h3-5,11-12,15H,1,6-10,13-14H2,2H3,(H2,25,28,29)/i2D3. The fraction of sp³-hybridized carbons (Fsp3) is 0.375. The van der Waals surface area contributed by atoms with Crippen LogP contribution in [-0.4, -0.2) is 48.4 Å². The number of piperidine rings is 1. The van der Waals surface area contributed by atoms with Crippen LogP contribution in [0.2, 0.25) is 0 Å². The molecule has 1 fully saturated rings. The van der Waals surface area contributed by atoms with Crippen LogP contribution in [0.3, 0.4) is 0 Å². The summed E-state index contributed by atoms with van der Waals surface area (Å²) in [5.41, 5.74) is 8.57. The molecule has 1 amide bonds. The zero-order valence-electron chi connectivity index (χ0n) is 20.8. The van der Waals surface area contributed by atoms with Gasteiger partial charge in [-0.25, -0.2) is 19.9 Å². The molecule has 0 bridgehead atoms. The lowest BCUT2D eigenvalue weighted by atomic mass is 9.68. The third kappa shape index (κ3) is 3.26. The van der Waals surface area contributed by atoms with E-state index in [1.54, 1.807) is 18.5 Å². The van der Waals surface area contributed by atoms with Gasteiger partial charge in [0.25, 0.3) is 0 Å². The molecule has 2 aliphatic rings. The van der Waals surface area contributed by atoms with Gasteiger partial charge in [0.1, 0.15) is 17.8 Å². The highest BCUT2D eigenvalue weighted by Gasteiger charge is 2.37. The molecule has 164 valence electrons. The first-order valence-electron chi connectivity index (χ1n) is 12.3. The van der Waals surface area contributed by atoms with Crippen LogP contribution in [0.15, 0.2) is 43.5 Å². The number of nitrogen functional groups attached to an aromatic ring is 1. The number of anilines is 1. The monoisotopic (exact) mass is 432 g/mol. The summed E-state index contributed by atoms with van der Waals surface area (Å²) in [4.78, 5) is 31.1. The van der Waals surface area contributed by atoms with Gasteiger partial charge >= 0.3 is 0 Å². The molecule has 8 nitrogen and oxygen atoms in total. The van der Waals surface area contributed by atoms with E-state index in [0.29, 0.717) is 42.0 Å². The first-order chi connectivity index (χ1) is 16.7. The molecule has 3 aromatic heterocycles. The zero-order valence-corrected chi connectivity index (χ0v) is 17.8. The number of nitrogens with zero attached hydrogens (tertiary/aromatic N) is 6. The minimum atomic E-state index is -2.49. The molecule has 0 aromatic carbocycles. The molecule has 4 heterocycles. The molecular formula is C24H27N7O. The minimum Gasteiger partial charge on any atom is -0.383 e. The molecule has 1 aliphatic heterocycles. The number of rotatable bonds is 3. The first-order valence-corrected chi connectivity index (χ1v) is 10.8. The number of likely N-dealkylation sites (tertiary alicyclic amines) is 1. The maximum absolute atomic E-state index is 12.0. The molecule has 5 rings (SSSR count). The zero-order chi connectivity index (χ0) is 24.8. The van der Waals surface area contributed by atoms with Crippen molar-refractivity contribution in [1.82, 2.24) is 29.4 Å². The third-order valence-electron chi connectivity index (χ3n) is 6.89. The fourth-order valence-corrected chi connectivity index (χ4v) is 5.03. The van der Waals surface area contributed by atoms with Crippen LogP contribution in [0.1, 0.15) is 41.9 Å². The van der Waals surface area contributed by atoms with Crippen molar-refractivity contribution < 1.29 is 8.91 Å². The number of hydrogen-bond acceptors (Lipinski definition) is 6. The molecular weight excluding hydrogens is 402 g/mol. The number of nitrogens with two attached hydrogens (primary N) is 1. The van der Waals surface area contributed by atoms with Crippen molar-refractivity contribution in [3.8, 4) is 11.4 Å². The Bertz CT molecular complexity index is 1320. The van der Waals surface area contributed by atoms with Crippen molar-refractivity contribution in [2.24, 2.45) is 12.4 Å². The largest absolute Gasteiger partial charge is 0.383 e. The van der Waals surface area contributed by atoms with E-state index < -0.39 is 6.98 Å². The van der Waals surface area contributed by atoms with E-state index in [-0.39, 0.29) is 22.8 Å². The van der Waals surface area contributed by atoms with E-state index in [4.69, 9.17) is 9.85 Å². The van der Waals surface area contributed by atoms with Crippen molar-refractivity contribution in [2.45, 2.75) is 32.1 Å². The molecule has 0 atom stereocenters. The maximum Gasteiger partial charge on any atom is 0.245 e. The highest BCUT2D eigenvalue weighted by molar-refractivity contribution is 6.04. The van der Waals surface area contributed by atoms with E-state index in [2.05, 4.69) is 32.6 Å². The Morgan fingerprint density at radius 2 is 2.00 bits per heavy atom. The molecule has 0 unspecified atom stereocenters. The molecule has 1 spiro atoms. The average molecular weight is 433 g/mol. The number of carbonyl (C=O) groups is 1. The van der Waals surface area contributed by atoms with Crippen molar-refractivity contribution in [3.63, 3.8) is 0 Å². The van der Waals surface area contributed by atoms with E-state index in [1.807, 2.05) is 4.90 Å². The van der Waals surface area contributed by atoms with Gasteiger partial charge in [-0.1, -0.05) is 12.7 Å². The lowest BCUT2D eigenvalue weighted by molar-refractivity contribution is -0.128. The molecule has 2 N–H and O–H groups in total. The van der Waals surface area contributed by atoms with Crippen LogP contribution < -0.4 is 5.73 Å². The van der Waals surface area contributed by atoms with Gasteiger partial charge in [0.05, 0.1) is 16.6 Å². The molecule has 1 saturated heterocycles. The SMILES string of the molecule is [2H]C([2H])([2H])n1c(C2=CCC3(CC2)CCN(C(=O)C=C)CC3)c(-c2ncccn2)c2c(N)ncnc21. The number of hydrogen-bond donors (Lipinski definition) is 1. The van der Waals surface area contributed by atoms with Gasteiger partial charge in [-0.3, -0.25) is 4.79 Å². The van der Waals surface area contributed by atoms with Crippen LogP contribution in [0.5, 0.6) is 0 Å². The summed E-state index contributed by atoms with van der Waals surface area (Å²) in [6.07, 6.45) is 12.2. The van der Waals surface area contributed by atoms with Gasteiger partial charge in [0.2, 0.25) is 5.91 Å². The Kier molecular flexibility index (Phi) is 4.19. The van der Waals surface area contributed by atoms with Crippen molar-refractivity contribution >= 4 is 28.3 Å². The predicted octanol–water partition coefficient (Wildman–Crippen LogP) is 3.37. The average Bonchev–Trinajstić information content (AvgIpc) is 3.22. The topological polar surface area (TPSA) is 103 Å². The van der Waals surface area contributed by atoms with Gasteiger partial charge in [-0.2, -0.15) is 0 Å². The Balaban J connectivity index is 1.62. The first kappa shape index (κ1) is 17.1. The second-order valence-electron chi connectivity index (χ2n) is 8.55. The summed E-state index contributed by atoms with van der Waals surface area (Å²) in [5, 5.41) is 0.447. The Morgan fingerprint density at radius 1 is 1.22 bits per heavy atom. The number of allylic oxidation sites excluding steroid dienone is 2. The second kappa shape index (κ2) is 7.85. The van der Waals surface area contributed by atoms with E-state index >= 15 is 0 Å². The number of fused-ring (bicyclic) bond motifs is 1. The molecule has 32 heavy (non-hydrogen) atoms. The van der Waals surface area contributed by atoms with Crippen LogP contribution >= 0.6 is 0 Å². The summed E-state index contributed by atoms with van der Waals surface area (Å²) in [6.45, 7) is 2.51. The number of amides is 1. The highest BCUT2D eigenvalue weighted by Crippen LogP contribution is 2.48. The number of aromatic nitrogens is 5. The number of carbonyl (C=O) groups excluding carboxylic acids is 1. The Hall–Kier alpha value is -3.55. The lowest BCUT2D eigenvalue weighted by Gasteiger charge is -2.43. The minimum absolute atomic E-state index is 0.0275. The summed E-state index contributed by atoms with van der Waals surface area (Å²) in [5.74, 6) is 0.545. The van der Waals surface area contributed by atoms with Gasteiger partial charge in [-0.05, 0) is 55.2 Å². The summed E-state index contributed by atoms with van der Waals surface area (Å²) >= 11 is 0. The quantitative estimate of drug-likeness (QED) is 0.637. The molecule has 1 aliphatic carbocycles. The van der Waals surface area contributed by atoms with Gasteiger partial charge in [0, 0.05) is 36.6 Å². The Labute approximate surface area is 191 Å². The van der Waals surface area contributed by atoms with E-state index in [9.17, 15) is 4.79 Å². The van der Waals surface area contributed by atoms with Gasteiger partial charge in [-0.15, -0.1) is 0 Å². The summed E-state index contributed by atoms with van der Waals surface area (Å²) < 4.78 is 26.2. The molecule has 0 radical (unpaired) electrons. The van der Waals surface area contributed by atoms with Gasteiger partial charge < -0.3 is 15.2 Å². The lowest BCUT2D eigenvalue weighted by Crippen LogP contribution is -2.43. The van der Waals surface area contributed by atoms with Crippen LogP contribution in [0, 0.1) is 5.41 Å². The highest BCUT2D eigenvalue weighted by atomic mass is 16.2. The second-order valence-corrected chi connectivity index (χ2v) is 8.55. The normalized spacial score (nSPS) is 19.8. The van der Waals surface area contributed by atoms with E-state index in [1.165, 1.54) is 17.0 Å². The van der Waals surface area contributed by atoms with Crippen LogP contribution in [0.25, 0.3) is 28.0 Å². The maximum atomic E-state index is 12.0. The van der Waals surface area contributed by atoms with Crippen molar-refractivity contribution in [1.29, 1.82) is 0 Å².